The highest BCUT2D eigenvalue weighted by molar-refractivity contribution is 5.66. The lowest BCUT2D eigenvalue weighted by Crippen LogP contribution is -1.97. The topological polar surface area (TPSA) is 106 Å². The molecule has 1 aromatic carbocycles. The van der Waals surface area contributed by atoms with Crippen molar-refractivity contribution in [1.82, 2.24) is 4.98 Å². The van der Waals surface area contributed by atoms with E-state index in [-0.39, 0.29) is 18.5 Å². The lowest BCUT2D eigenvalue weighted by molar-refractivity contribution is -0.384. The quantitative estimate of drug-likeness (QED) is 0.654. The molecule has 0 atom stereocenters. The van der Waals surface area contributed by atoms with Crippen molar-refractivity contribution in [3.05, 3.63) is 46.5 Å². The van der Waals surface area contributed by atoms with Gasteiger partial charge in [0.15, 0.2) is 11.7 Å². The Morgan fingerprint density at radius 1 is 1.37 bits per heavy atom. The zero-order valence-corrected chi connectivity index (χ0v) is 9.78. The Hall–Kier alpha value is -2.70. The van der Waals surface area contributed by atoms with E-state index in [1.807, 2.05) is 0 Å². The highest BCUT2D eigenvalue weighted by Gasteiger charge is 2.10. The number of rotatable bonds is 5. The van der Waals surface area contributed by atoms with Gasteiger partial charge in [0.2, 0.25) is 0 Å². The number of aryl methyl sites for hydroxylation is 1. The van der Waals surface area contributed by atoms with Crippen LogP contribution in [0.1, 0.15) is 12.3 Å². The van der Waals surface area contributed by atoms with Crippen LogP contribution in [0.3, 0.4) is 0 Å². The molecule has 98 valence electrons. The van der Waals surface area contributed by atoms with Gasteiger partial charge in [0.1, 0.15) is 0 Å². The second kappa shape index (κ2) is 5.30. The molecule has 0 saturated heterocycles. The number of carboxylic acids is 1. The Balaban J connectivity index is 2.13. The molecule has 2 rings (SSSR count). The zero-order valence-electron chi connectivity index (χ0n) is 9.78. The molecule has 1 N–H and O–H groups in total. The SMILES string of the molecule is O=C(O)CCc1ncc(-c2ccc([N+](=O)[O-])cc2)o1. The van der Waals surface area contributed by atoms with Gasteiger partial charge < -0.3 is 9.52 Å². The van der Waals surface area contributed by atoms with Crippen molar-refractivity contribution in [2.75, 3.05) is 0 Å². The molecular weight excluding hydrogens is 252 g/mol. The van der Waals surface area contributed by atoms with Crippen molar-refractivity contribution >= 4 is 11.7 Å². The van der Waals surface area contributed by atoms with Gasteiger partial charge in [-0.2, -0.15) is 0 Å². The summed E-state index contributed by atoms with van der Waals surface area (Å²) in [5.74, 6) is -0.138. The first kappa shape index (κ1) is 12.7. The average molecular weight is 262 g/mol. The predicted molar refractivity (Wildman–Crippen MR) is 64.6 cm³/mol. The summed E-state index contributed by atoms with van der Waals surface area (Å²) in [6, 6.07) is 5.85. The molecule has 0 saturated carbocycles. The number of hydrogen-bond acceptors (Lipinski definition) is 5. The van der Waals surface area contributed by atoms with E-state index in [9.17, 15) is 14.9 Å². The fourth-order valence-electron chi connectivity index (χ4n) is 1.52. The molecule has 1 aromatic heterocycles. The van der Waals surface area contributed by atoms with Crippen LogP contribution in [0.15, 0.2) is 34.9 Å². The molecule has 0 amide bonds. The van der Waals surface area contributed by atoms with Gasteiger partial charge in [-0.15, -0.1) is 0 Å². The molecule has 0 fully saturated rings. The van der Waals surface area contributed by atoms with Gasteiger partial charge in [0.25, 0.3) is 5.69 Å². The van der Waals surface area contributed by atoms with Crippen LogP contribution >= 0.6 is 0 Å². The predicted octanol–water partition coefficient (Wildman–Crippen LogP) is 2.27. The summed E-state index contributed by atoms with van der Waals surface area (Å²) in [5.41, 5.74) is 0.647. The number of nitro benzene ring substituents is 1. The molecule has 1 heterocycles. The van der Waals surface area contributed by atoms with Crippen LogP contribution in [-0.4, -0.2) is 21.0 Å². The number of nitrogens with zero attached hydrogens (tertiary/aromatic N) is 2. The highest BCUT2D eigenvalue weighted by atomic mass is 16.6. The summed E-state index contributed by atoms with van der Waals surface area (Å²) in [5, 5.41) is 19.1. The molecule has 0 spiro atoms. The molecule has 0 aliphatic carbocycles. The Bertz CT molecular complexity index is 603. The normalized spacial score (nSPS) is 10.3. The van der Waals surface area contributed by atoms with Crippen molar-refractivity contribution in [2.45, 2.75) is 12.8 Å². The average Bonchev–Trinajstić information content (AvgIpc) is 2.85. The molecule has 7 heteroatoms. The number of carboxylic acid groups (broad SMARTS) is 1. The van der Waals surface area contributed by atoms with Crippen molar-refractivity contribution in [1.29, 1.82) is 0 Å². The Morgan fingerprint density at radius 3 is 2.63 bits per heavy atom. The molecule has 2 aromatic rings. The first-order chi connectivity index (χ1) is 9.06. The first-order valence-corrected chi connectivity index (χ1v) is 5.47. The number of aliphatic carboxylic acids is 1. The fourth-order valence-corrected chi connectivity index (χ4v) is 1.52. The van der Waals surface area contributed by atoms with Gasteiger partial charge in [-0.05, 0) is 12.1 Å². The molecule has 0 aliphatic rings. The first-order valence-electron chi connectivity index (χ1n) is 5.47. The van der Waals surface area contributed by atoms with E-state index < -0.39 is 10.9 Å². The van der Waals surface area contributed by atoms with Crippen LogP contribution in [-0.2, 0) is 11.2 Å². The molecule has 0 unspecified atom stereocenters. The van der Waals surface area contributed by atoms with Gasteiger partial charge in [-0.3, -0.25) is 14.9 Å². The van der Waals surface area contributed by atoms with Crippen molar-refractivity contribution in [2.24, 2.45) is 0 Å². The van der Waals surface area contributed by atoms with Crippen LogP contribution in [0.2, 0.25) is 0 Å². The number of nitro groups is 1. The fraction of sp³-hybridized carbons (Fsp3) is 0.167. The third-order valence-electron chi connectivity index (χ3n) is 2.47. The zero-order chi connectivity index (χ0) is 13.8. The third-order valence-corrected chi connectivity index (χ3v) is 2.47. The van der Waals surface area contributed by atoms with E-state index in [2.05, 4.69) is 4.98 Å². The summed E-state index contributed by atoms with van der Waals surface area (Å²) < 4.78 is 5.38. The Morgan fingerprint density at radius 2 is 2.05 bits per heavy atom. The van der Waals surface area contributed by atoms with Gasteiger partial charge in [0.05, 0.1) is 17.5 Å². The number of carbonyl (C=O) groups is 1. The van der Waals surface area contributed by atoms with Crippen molar-refractivity contribution in [3.63, 3.8) is 0 Å². The smallest absolute Gasteiger partial charge is 0.303 e. The van der Waals surface area contributed by atoms with Crippen LogP contribution in [0, 0.1) is 10.1 Å². The molecule has 0 aliphatic heterocycles. The summed E-state index contributed by atoms with van der Waals surface area (Å²) >= 11 is 0. The van der Waals surface area contributed by atoms with Gasteiger partial charge >= 0.3 is 5.97 Å². The summed E-state index contributed by atoms with van der Waals surface area (Å²) in [6.07, 6.45) is 1.63. The second-order valence-electron chi connectivity index (χ2n) is 3.82. The van der Waals surface area contributed by atoms with E-state index >= 15 is 0 Å². The second-order valence-corrected chi connectivity index (χ2v) is 3.82. The van der Waals surface area contributed by atoms with E-state index in [0.29, 0.717) is 17.2 Å². The number of hydrogen-bond donors (Lipinski definition) is 1. The standard InChI is InChI=1S/C12H10N2O5/c15-12(16)6-5-11-13-7-10(19-11)8-1-3-9(4-2-8)14(17)18/h1-4,7H,5-6H2,(H,15,16). The third kappa shape index (κ3) is 3.15. The maximum absolute atomic E-state index is 10.5. The maximum Gasteiger partial charge on any atom is 0.303 e. The summed E-state index contributed by atoms with van der Waals surface area (Å²) in [4.78, 5) is 24.4. The van der Waals surface area contributed by atoms with Crippen molar-refractivity contribution < 1.29 is 19.2 Å². The minimum atomic E-state index is -0.921. The van der Waals surface area contributed by atoms with Crippen molar-refractivity contribution in [3.8, 4) is 11.3 Å². The Kier molecular flexibility index (Phi) is 3.56. The number of non-ortho nitro benzene ring substituents is 1. The van der Waals surface area contributed by atoms with Gasteiger partial charge in [-0.25, -0.2) is 4.98 Å². The monoisotopic (exact) mass is 262 g/mol. The lowest BCUT2D eigenvalue weighted by atomic mass is 10.2. The lowest BCUT2D eigenvalue weighted by Gasteiger charge is -1.96. The molecular formula is C12H10N2O5. The minimum Gasteiger partial charge on any atom is -0.481 e. The largest absolute Gasteiger partial charge is 0.481 e. The number of oxazole rings is 1. The van der Waals surface area contributed by atoms with Crippen LogP contribution in [0.25, 0.3) is 11.3 Å². The van der Waals surface area contributed by atoms with Crippen LogP contribution in [0.4, 0.5) is 5.69 Å². The van der Waals surface area contributed by atoms with Gasteiger partial charge in [-0.1, -0.05) is 0 Å². The van der Waals surface area contributed by atoms with Gasteiger partial charge in [0, 0.05) is 24.1 Å². The molecule has 0 bridgehead atoms. The van der Waals surface area contributed by atoms with Crippen LogP contribution in [0.5, 0.6) is 0 Å². The molecule has 0 radical (unpaired) electrons. The maximum atomic E-state index is 10.5. The van der Waals surface area contributed by atoms with E-state index in [1.54, 1.807) is 12.1 Å². The summed E-state index contributed by atoms with van der Waals surface area (Å²) in [7, 11) is 0. The van der Waals surface area contributed by atoms with Crippen LogP contribution < -0.4 is 0 Å². The highest BCUT2D eigenvalue weighted by Crippen LogP contribution is 2.23. The van der Waals surface area contributed by atoms with E-state index in [1.165, 1.54) is 18.3 Å². The number of benzene rings is 1. The molecule has 19 heavy (non-hydrogen) atoms. The molecule has 7 nitrogen and oxygen atoms in total. The number of aromatic nitrogens is 1. The summed E-state index contributed by atoms with van der Waals surface area (Å²) in [6.45, 7) is 0. The Labute approximate surface area is 107 Å². The minimum absolute atomic E-state index is 0.00522. The van der Waals surface area contributed by atoms with E-state index in [4.69, 9.17) is 9.52 Å². The van der Waals surface area contributed by atoms with E-state index in [0.717, 1.165) is 0 Å².